The summed E-state index contributed by atoms with van der Waals surface area (Å²) in [6, 6.07) is 10.1. The number of anilines is 1. The lowest BCUT2D eigenvalue weighted by molar-refractivity contribution is -0.384. The standard InChI is InChI=1S/C22H25N3O5/c1-4-6-16-13-17(14-20(29-2)21(16)30-3)22(26)24-11-9-23(10-12-24)18-7-5-8-19(15-18)25(27)28/h4-5,7-8,13-15H,1,6,9-12H2,2-3H3. The van der Waals surface area contributed by atoms with Crippen molar-refractivity contribution in [2.24, 2.45) is 0 Å². The first-order chi connectivity index (χ1) is 14.5. The number of ether oxygens (including phenoxy) is 2. The van der Waals surface area contributed by atoms with E-state index in [1.54, 1.807) is 43.4 Å². The molecule has 1 aliphatic rings. The molecule has 8 nitrogen and oxygen atoms in total. The maximum Gasteiger partial charge on any atom is 0.271 e. The van der Waals surface area contributed by atoms with E-state index in [4.69, 9.17) is 9.47 Å². The number of carbonyl (C=O) groups is 1. The molecule has 0 unspecified atom stereocenters. The van der Waals surface area contributed by atoms with E-state index < -0.39 is 4.92 Å². The highest BCUT2D eigenvalue weighted by Crippen LogP contribution is 2.34. The maximum absolute atomic E-state index is 13.1. The smallest absolute Gasteiger partial charge is 0.271 e. The van der Waals surface area contributed by atoms with Gasteiger partial charge < -0.3 is 19.3 Å². The van der Waals surface area contributed by atoms with Crippen LogP contribution >= 0.6 is 0 Å². The molecule has 1 aliphatic heterocycles. The van der Waals surface area contributed by atoms with Crippen LogP contribution in [0.3, 0.4) is 0 Å². The van der Waals surface area contributed by atoms with Gasteiger partial charge in [-0.25, -0.2) is 0 Å². The van der Waals surface area contributed by atoms with Crippen LogP contribution in [0, 0.1) is 10.1 Å². The van der Waals surface area contributed by atoms with Gasteiger partial charge in [-0.1, -0.05) is 12.1 Å². The fraction of sp³-hybridized carbons (Fsp3) is 0.318. The van der Waals surface area contributed by atoms with E-state index in [-0.39, 0.29) is 11.6 Å². The van der Waals surface area contributed by atoms with Crippen LogP contribution in [-0.4, -0.2) is 56.1 Å². The number of allylic oxidation sites excluding steroid dienone is 1. The summed E-state index contributed by atoms with van der Waals surface area (Å²) in [6.45, 7) is 6.00. The van der Waals surface area contributed by atoms with Crippen molar-refractivity contribution in [3.8, 4) is 11.5 Å². The first-order valence-electron chi connectivity index (χ1n) is 9.63. The minimum absolute atomic E-state index is 0.0612. The van der Waals surface area contributed by atoms with Gasteiger partial charge in [0, 0.05) is 55.1 Å². The van der Waals surface area contributed by atoms with Gasteiger partial charge >= 0.3 is 0 Å². The first kappa shape index (κ1) is 21.2. The van der Waals surface area contributed by atoms with Crippen molar-refractivity contribution in [2.75, 3.05) is 45.3 Å². The monoisotopic (exact) mass is 411 g/mol. The number of nitro groups is 1. The molecule has 1 fully saturated rings. The highest BCUT2D eigenvalue weighted by Gasteiger charge is 2.25. The van der Waals surface area contributed by atoms with Crippen molar-refractivity contribution in [3.05, 3.63) is 70.3 Å². The normalized spacial score (nSPS) is 13.7. The summed E-state index contributed by atoms with van der Waals surface area (Å²) in [6.07, 6.45) is 2.31. The molecule has 0 aliphatic carbocycles. The Morgan fingerprint density at radius 3 is 2.50 bits per heavy atom. The van der Waals surface area contributed by atoms with Crippen molar-refractivity contribution in [3.63, 3.8) is 0 Å². The highest BCUT2D eigenvalue weighted by atomic mass is 16.6. The van der Waals surface area contributed by atoms with Crippen LogP contribution in [0.25, 0.3) is 0 Å². The number of rotatable bonds is 7. The summed E-state index contributed by atoms with van der Waals surface area (Å²) in [5, 5.41) is 11.0. The van der Waals surface area contributed by atoms with E-state index in [1.165, 1.54) is 6.07 Å². The first-order valence-corrected chi connectivity index (χ1v) is 9.63. The second kappa shape index (κ2) is 9.30. The number of non-ortho nitro benzene ring substituents is 1. The van der Waals surface area contributed by atoms with Gasteiger partial charge in [0.2, 0.25) is 0 Å². The third-order valence-corrected chi connectivity index (χ3v) is 5.14. The quantitative estimate of drug-likeness (QED) is 0.395. The SMILES string of the molecule is C=CCc1cc(C(=O)N2CCN(c3cccc([N+](=O)[O-])c3)CC2)cc(OC)c1OC. The van der Waals surface area contributed by atoms with Gasteiger partial charge in [-0.05, 0) is 24.6 Å². The molecule has 8 heteroatoms. The molecule has 0 bridgehead atoms. The molecule has 0 N–H and O–H groups in total. The van der Waals surface area contributed by atoms with E-state index in [0.717, 1.165) is 11.3 Å². The van der Waals surface area contributed by atoms with Crippen molar-refractivity contribution in [1.29, 1.82) is 0 Å². The van der Waals surface area contributed by atoms with Crippen LogP contribution in [0.5, 0.6) is 11.5 Å². The number of piperazine rings is 1. The van der Waals surface area contributed by atoms with Crippen LogP contribution in [0.1, 0.15) is 15.9 Å². The lowest BCUT2D eigenvalue weighted by Gasteiger charge is -2.36. The molecule has 0 saturated carbocycles. The third-order valence-electron chi connectivity index (χ3n) is 5.14. The zero-order valence-corrected chi connectivity index (χ0v) is 17.2. The Bertz CT molecular complexity index is 952. The number of carbonyl (C=O) groups excluding carboxylic acids is 1. The third kappa shape index (κ3) is 4.37. The minimum atomic E-state index is -0.402. The number of methoxy groups -OCH3 is 2. The van der Waals surface area contributed by atoms with E-state index in [9.17, 15) is 14.9 Å². The molecule has 0 spiro atoms. The Kier molecular flexibility index (Phi) is 6.56. The molecule has 2 aromatic carbocycles. The molecule has 1 heterocycles. The number of amides is 1. The van der Waals surface area contributed by atoms with E-state index in [1.807, 2.05) is 12.1 Å². The van der Waals surface area contributed by atoms with Crippen LogP contribution in [-0.2, 0) is 6.42 Å². The zero-order chi connectivity index (χ0) is 21.7. The van der Waals surface area contributed by atoms with Crippen molar-refractivity contribution >= 4 is 17.3 Å². The summed E-state index contributed by atoms with van der Waals surface area (Å²) in [4.78, 5) is 27.6. The van der Waals surface area contributed by atoms with Crippen molar-refractivity contribution in [2.45, 2.75) is 6.42 Å². The summed E-state index contributed by atoms with van der Waals surface area (Å²) in [7, 11) is 3.11. The second-order valence-corrected chi connectivity index (χ2v) is 6.92. The lowest BCUT2D eigenvalue weighted by atomic mass is 10.0. The zero-order valence-electron chi connectivity index (χ0n) is 17.2. The fourth-order valence-corrected chi connectivity index (χ4v) is 3.63. The molecular formula is C22H25N3O5. The molecule has 158 valence electrons. The molecule has 0 aromatic heterocycles. The Morgan fingerprint density at radius 1 is 1.17 bits per heavy atom. The molecule has 30 heavy (non-hydrogen) atoms. The Hall–Kier alpha value is -3.55. The summed E-state index contributed by atoms with van der Waals surface area (Å²) >= 11 is 0. The summed E-state index contributed by atoms with van der Waals surface area (Å²) < 4.78 is 10.9. The average molecular weight is 411 g/mol. The molecular weight excluding hydrogens is 386 g/mol. The number of hydrogen-bond acceptors (Lipinski definition) is 6. The van der Waals surface area contributed by atoms with Crippen LogP contribution in [0.15, 0.2) is 49.1 Å². The predicted molar refractivity (Wildman–Crippen MR) is 115 cm³/mol. The van der Waals surface area contributed by atoms with Gasteiger partial charge in [0.25, 0.3) is 11.6 Å². The van der Waals surface area contributed by atoms with Gasteiger partial charge in [-0.15, -0.1) is 6.58 Å². The van der Waals surface area contributed by atoms with Gasteiger partial charge in [-0.3, -0.25) is 14.9 Å². The van der Waals surface area contributed by atoms with Gasteiger partial charge in [0.05, 0.1) is 19.1 Å². The number of benzene rings is 2. The Morgan fingerprint density at radius 2 is 1.90 bits per heavy atom. The minimum Gasteiger partial charge on any atom is -0.493 e. The number of hydrogen-bond donors (Lipinski definition) is 0. The van der Waals surface area contributed by atoms with Crippen LogP contribution < -0.4 is 14.4 Å². The van der Waals surface area contributed by atoms with E-state index in [2.05, 4.69) is 11.5 Å². The second-order valence-electron chi connectivity index (χ2n) is 6.92. The molecule has 0 atom stereocenters. The topological polar surface area (TPSA) is 85.2 Å². The molecule has 1 saturated heterocycles. The average Bonchev–Trinajstić information content (AvgIpc) is 2.78. The molecule has 0 radical (unpaired) electrons. The Labute approximate surface area is 175 Å². The molecule has 1 amide bonds. The maximum atomic E-state index is 13.1. The number of nitro benzene ring substituents is 1. The molecule has 3 rings (SSSR count). The van der Waals surface area contributed by atoms with Crippen molar-refractivity contribution < 1.29 is 19.2 Å². The fourth-order valence-electron chi connectivity index (χ4n) is 3.63. The summed E-state index contributed by atoms with van der Waals surface area (Å²) in [5.41, 5.74) is 2.22. The van der Waals surface area contributed by atoms with Gasteiger partial charge in [0.1, 0.15) is 0 Å². The van der Waals surface area contributed by atoms with Crippen molar-refractivity contribution in [1.82, 2.24) is 4.90 Å². The number of nitrogens with zero attached hydrogens (tertiary/aromatic N) is 3. The van der Waals surface area contributed by atoms with Gasteiger partial charge in [-0.2, -0.15) is 0 Å². The largest absolute Gasteiger partial charge is 0.493 e. The lowest BCUT2D eigenvalue weighted by Crippen LogP contribution is -2.48. The van der Waals surface area contributed by atoms with E-state index >= 15 is 0 Å². The highest BCUT2D eigenvalue weighted by molar-refractivity contribution is 5.95. The van der Waals surface area contributed by atoms with E-state index in [0.29, 0.717) is 49.7 Å². The summed E-state index contributed by atoms with van der Waals surface area (Å²) in [5.74, 6) is 1.03. The van der Waals surface area contributed by atoms with Crippen LogP contribution in [0.4, 0.5) is 11.4 Å². The molecule has 2 aromatic rings. The Balaban J connectivity index is 1.75. The predicted octanol–water partition coefficient (Wildman–Crippen LogP) is 3.30. The van der Waals surface area contributed by atoms with Gasteiger partial charge in [0.15, 0.2) is 11.5 Å². The van der Waals surface area contributed by atoms with Crippen LogP contribution in [0.2, 0.25) is 0 Å².